The van der Waals surface area contributed by atoms with Gasteiger partial charge in [-0.3, -0.25) is 4.79 Å². The van der Waals surface area contributed by atoms with Crippen LogP contribution in [0.4, 0.5) is 4.79 Å². The topological polar surface area (TPSA) is 95.9 Å². The largest absolute Gasteiger partial charge is 0.478 e. The van der Waals surface area contributed by atoms with Crippen LogP contribution in [0.5, 0.6) is 0 Å². The van der Waals surface area contributed by atoms with E-state index >= 15 is 0 Å². The molecule has 2 amide bonds. The van der Waals surface area contributed by atoms with Crippen molar-refractivity contribution in [3.8, 4) is 11.1 Å². The maximum Gasteiger partial charge on any atom is 0.407 e. The summed E-state index contributed by atoms with van der Waals surface area (Å²) >= 11 is 0. The first-order valence-corrected chi connectivity index (χ1v) is 10.5. The summed E-state index contributed by atoms with van der Waals surface area (Å²) in [5.74, 6) is -1.17. The zero-order chi connectivity index (χ0) is 22.5. The summed E-state index contributed by atoms with van der Waals surface area (Å²) < 4.78 is 5.45. The molecular formula is C25H24N2O5. The maximum absolute atomic E-state index is 12.2. The molecule has 2 aromatic rings. The van der Waals surface area contributed by atoms with Gasteiger partial charge in [-0.05, 0) is 28.7 Å². The SMILES string of the molecule is O=C(NC/C=C/C(=O)N1CC=C(C(=O)O)CC1)OCC1c2ccccc2-c2ccccc21. The first kappa shape index (κ1) is 21.4. The highest BCUT2D eigenvalue weighted by molar-refractivity contribution is 5.90. The van der Waals surface area contributed by atoms with Crippen LogP contribution in [0, 0.1) is 0 Å². The molecule has 1 heterocycles. The zero-order valence-electron chi connectivity index (χ0n) is 17.5. The molecule has 7 nitrogen and oxygen atoms in total. The van der Waals surface area contributed by atoms with Crippen LogP contribution in [0.1, 0.15) is 23.5 Å². The molecule has 0 saturated carbocycles. The number of benzene rings is 2. The number of amides is 2. The lowest BCUT2D eigenvalue weighted by Crippen LogP contribution is -2.34. The van der Waals surface area contributed by atoms with Crippen LogP contribution >= 0.6 is 0 Å². The Bertz CT molecular complexity index is 1060. The Balaban J connectivity index is 1.25. The number of alkyl carbamates (subject to hydrolysis) is 1. The van der Waals surface area contributed by atoms with Gasteiger partial charge in [0.1, 0.15) is 6.61 Å². The van der Waals surface area contributed by atoms with Gasteiger partial charge in [0, 0.05) is 37.2 Å². The van der Waals surface area contributed by atoms with E-state index in [9.17, 15) is 14.4 Å². The number of aliphatic carboxylic acids is 1. The minimum Gasteiger partial charge on any atom is -0.478 e. The number of rotatable bonds is 6. The molecule has 164 valence electrons. The fourth-order valence-corrected chi connectivity index (χ4v) is 4.12. The molecule has 2 N–H and O–H groups in total. The molecule has 0 fully saturated rings. The van der Waals surface area contributed by atoms with Gasteiger partial charge in [-0.2, -0.15) is 0 Å². The van der Waals surface area contributed by atoms with Gasteiger partial charge in [0.05, 0.1) is 0 Å². The fourth-order valence-electron chi connectivity index (χ4n) is 4.12. The van der Waals surface area contributed by atoms with Crippen LogP contribution in [0.25, 0.3) is 11.1 Å². The summed E-state index contributed by atoms with van der Waals surface area (Å²) in [6, 6.07) is 16.3. The Morgan fingerprint density at radius 3 is 2.31 bits per heavy atom. The molecule has 0 spiro atoms. The normalized spacial score (nSPS) is 15.1. The summed E-state index contributed by atoms with van der Waals surface area (Å²) in [4.78, 5) is 36.8. The number of nitrogens with zero attached hydrogens (tertiary/aromatic N) is 1. The third kappa shape index (κ3) is 4.56. The second-order valence-electron chi connectivity index (χ2n) is 7.68. The van der Waals surface area contributed by atoms with Crippen molar-refractivity contribution >= 4 is 18.0 Å². The van der Waals surface area contributed by atoms with E-state index in [1.165, 1.54) is 17.2 Å². The first-order chi connectivity index (χ1) is 15.5. The van der Waals surface area contributed by atoms with Crippen molar-refractivity contribution in [2.24, 2.45) is 0 Å². The van der Waals surface area contributed by atoms with Crippen molar-refractivity contribution in [2.75, 3.05) is 26.2 Å². The second-order valence-corrected chi connectivity index (χ2v) is 7.68. The van der Waals surface area contributed by atoms with E-state index < -0.39 is 12.1 Å². The number of hydrogen-bond donors (Lipinski definition) is 2. The minimum absolute atomic E-state index is 0.00637. The number of hydrogen-bond acceptors (Lipinski definition) is 4. The van der Waals surface area contributed by atoms with Gasteiger partial charge in [0.25, 0.3) is 0 Å². The Labute approximate surface area is 186 Å². The van der Waals surface area contributed by atoms with Crippen LogP contribution in [0.15, 0.2) is 72.3 Å². The molecule has 32 heavy (non-hydrogen) atoms. The lowest BCUT2D eigenvalue weighted by molar-refractivity contribution is -0.133. The molecule has 0 saturated heterocycles. The summed E-state index contributed by atoms with van der Waals surface area (Å²) in [6.07, 6.45) is 4.26. The number of carboxylic acid groups (broad SMARTS) is 1. The minimum atomic E-state index is -0.945. The number of carbonyl (C=O) groups excluding carboxylic acids is 2. The standard InChI is InChI=1S/C25H24N2O5/c28-23(27-14-11-17(12-15-27)24(29)30)10-5-13-26-25(31)32-16-22-20-8-3-1-6-18(20)19-7-2-4-9-21(19)22/h1-11,22H,12-16H2,(H,26,31)(H,29,30)/b10-5+. The van der Waals surface area contributed by atoms with Crippen molar-refractivity contribution in [3.05, 3.63) is 83.5 Å². The van der Waals surface area contributed by atoms with Crippen molar-refractivity contribution in [2.45, 2.75) is 12.3 Å². The Morgan fingerprint density at radius 1 is 1.06 bits per heavy atom. The average Bonchev–Trinajstić information content (AvgIpc) is 3.14. The van der Waals surface area contributed by atoms with E-state index in [1.807, 2.05) is 24.3 Å². The predicted octanol–water partition coefficient (Wildman–Crippen LogP) is 3.32. The molecule has 0 unspecified atom stereocenters. The summed E-state index contributed by atoms with van der Waals surface area (Å²) in [5, 5.41) is 11.6. The quantitative estimate of drug-likeness (QED) is 0.683. The van der Waals surface area contributed by atoms with E-state index in [4.69, 9.17) is 9.84 Å². The molecule has 7 heteroatoms. The van der Waals surface area contributed by atoms with Crippen LogP contribution in [0.2, 0.25) is 0 Å². The summed E-state index contributed by atoms with van der Waals surface area (Å²) in [7, 11) is 0. The van der Waals surface area contributed by atoms with Gasteiger partial charge in [-0.1, -0.05) is 60.7 Å². The first-order valence-electron chi connectivity index (χ1n) is 10.5. The van der Waals surface area contributed by atoms with Crippen molar-refractivity contribution < 1.29 is 24.2 Å². The smallest absolute Gasteiger partial charge is 0.407 e. The van der Waals surface area contributed by atoms with E-state index in [0.717, 1.165) is 11.1 Å². The fraction of sp³-hybridized carbons (Fsp3) is 0.240. The highest BCUT2D eigenvalue weighted by Crippen LogP contribution is 2.44. The molecule has 2 aliphatic rings. The van der Waals surface area contributed by atoms with Gasteiger partial charge in [0.2, 0.25) is 5.91 Å². The average molecular weight is 432 g/mol. The molecular weight excluding hydrogens is 408 g/mol. The van der Waals surface area contributed by atoms with Gasteiger partial charge >= 0.3 is 12.1 Å². The van der Waals surface area contributed by atoms with E-state index in [0.29, 0.717) is 18.5 Å². The van der Waals surface area contributed by atoms with E-state index in [1.54, 1.807) is 17.1 Å². The number of ether oxygens (including phenoxy) is 1. The van der Waals surface area contributed by atoms with Crippen LogP contribution in [0.3, 0.4) is 0 Å². The van der Waals surface area contributed by atoms with Gasteiger partial charge in [-0.25, -0.2) is 9.59 Å². The second kappa shape index (κ2) is 9.51. The highest BCUT2D eigenvalue weighted by atomic mass is 16.5. The van der Waals surface area contributed by atoms with Crippen molar-refractivity contribution in [1.29, 1.82) is 0 Å². The highest BCUT2D eigenvalue weighted by Gasteiger charge is 2.28. The van der Waals surface area contributed by atoms with E-state index in [2.05, 4.69) is 29.6 Å². The Kier molecular flexibility index (Phi) is 6.35. The lowest BCUT2D eigenvalue weighted by Gasteiger charge is -2.23. The van der Waals surface area contributed by atoms with Crippen molar-refractivity contribution in [1.82, 2.24) is 10.2 Å². The maximum atomic E-state index is 12.2. The number of fused-ring (bicyclic) bond motifs is 3. The molecule has 2 aromatic carbocycles. The third-order valence-corrected chi connectivity index (χ3v) is 5.76. The Hall–Kier alpha value is -3.87. The van der Waals surface area contributed by atoms with Gasteiger partial charge in [-0.15, -0.1) is 0 Å². The Morgan fingerprint density at radius 2 is 1.72 bits per heavy atom. The molecule has 0 atom stereocenters. The molecule has 0 aromatic heterocycles. The van der Waals surface area contributed by atoms with Gasteiger partial charge in [0.15, 0.2) is 0 Å². The lowest BCUT2D eigenvalue weighted by atomic mass is 9.98. The van der Waals surface area contributed by atoms with E-state index in [-0.39, 0.29) is 31.5 Å². The van der Waals surface area contributed by atoms with Crippen molar-refractivity contribution in [3.63, 3.8) is 0 Å². The number of carbonyl (C=O) groups is 3. The summed E-state index contributed by atoms with van der Waals surface area (Å²) in [5.41, 5.74) is 4.96. The zero-order valence-corrected chi connectivity index (χ0v) is 17.5. The van der Waals surface area contributed by atoms with Crippen LogP contribution < -0.4 is 5.32 Å². The predicted molar refractivity (Wildman–Crippen MR) is 119 cm³/mol. The molecule has 0 radical (unpaired) electrons. The monoisotopic (exact) mass is 432 g/mol. The summed E-state index contributed by atoms with van der Waals surface area (Å²) in [6.45, 7) is 1.02. The van der Waals surface area contributed by atoms with Crippen LogP contribution in [-0.2, 0) is 14.3 Å². The van der Waals surface area contributed by atoms with Crippen LogP contribution in [-0.4, -0.2) is 54.2 Å². The molecule has 4 rings (SSSR count). The number of nitrogens with one attached hydrogen (secondary N) is 1. The molecule has 1 aliphatic carbocycles. The molecule has 0 bridgehead atoms. The van der Waals surface area contributed by atoms with Gasteiger partial charge < -0.3 is 20.1 Å². The third-order valence-electron chi connectivity index (χ3n) is 5.76. The number of carboxylic acids is 1. The molecule has 1 aliphatic heterocycles.